The van der Waals surface area contributed by atoms with E-state index in [2.05, 4.69) is 0 Å². The van der Waals surface area contributed by atoms with Gasteiger partial charge in [0.25, 0.3) is 0 Å². The second-order valence-electron chi connectivity index (χ2n) is 4.93. The van der Waals surface area contributed by atoms with Crippen molar-refractivity contribution in [3.05, 3.63) is 45.5 Å². The molecule has 1 aromatic heterocycles. The molecule has 0 aliphatic heterocycles. The van der Waals surface area contributed by atoms with Crippen molar-refractivity contribution in [2.45, 2.75) is 53.5 Å². The number of halogens is 1. The Labute approximate surface area is 135 Å². The van der Waals surface area contributed by atoms with Gasteiger partial charge in [0.05, 0.1) is 5.52 Å². The molecule has 1 fully saturated rings. The smallest absolute Gasteiger partial charge is 0.341 e. The minimum Gasteiger partial charge on any atom is -0.477 e. The van der Waals surface area contributed by atoms with Gasteiger partial charge in [-0.3, -0.25) is 4.79 Å². The van der Waals surface area contributed by atoms with Crippen molar-refractivity contribution in [3.8, 4) is 0 Å². The lowest BCUT2D eigenvalue weighted by molar-refractivity contribution is 0.0695. The van der Waals surface area contributed by atoms with Crippen LogP contribution in [0.15, 0.2) is 23.1 Å². The number of pyridine rings is 1. The standard InChI is InChI=1S/C14H12FNO3.2C2H6/c1-7-4-12-9(5-11(7)15)13(17)10(14(18)19)6-16(12)8-2-3-8;2*1-2/h4-6,8H,2-3H2,1H3,(H,18,19);2*1-2H3. The third kappa shape index (κ3) is 3.78. The molecule has 1 heterocycles. The summed E-state index contributed by atoms with van der Waals surface area (Å²) < 4.78 is 15.4. The maximum atomic E-state index is 13.6. The summed E-state index contributed by atoms with van der Waals surface area (Å²) in [6.45, 7) is 9.63. The Morgan fingerprint density at radius 3 is 2.26 bits per heavy atom. The van der Waals surface area contributed by atoms with Crippen LogP contribution in [0.5, 0.6) is 0 Å². The molecule has 1 saturated carbocycles. The van der Waals surface area contributed by atoms with E-state index < -0.39 is 17.2 Å². The molecule has 0 amide bonds. The van der Waals surface area contributed by atoms with Gasteiger partial charge in [0.2, 0.25) is 5.43 Å². The zero-order chi connectivity index (χ0) is 17.7. The fourth-order valence-electron chi connectivity index (χ4n) is 2.28. The maximum Gasteiger partial charge on any atom is 0.341 e. The lowest BCUT2D eigenvalue weighted by atomic mass is 10.1. The van der Waals surface area contributed by atoms with Crippen LogP contribution in [0.25, 0.3) is 10.9 Å². The van der Waals surface area contributed by atoms with E-state index >= 15 is 0 Å². The number of fused-ring (bicyclic) bond motifs is 1. The van der Waals surface area contributed by atoms with E-state index in [4.69, 9.17) is 5.11 Å². The first-order valence-corrected chi connectivity index (χ1v) is 8.07. The summed E-state index contributed by atoms with van der Waals surface area (Å²) in [6.07, 6.45) is 3.28. The molecule has 1 aliphatic rings. The summed E-state index contributed by atoms with van der Waals surface area (Å²) >= 11 is 0. The fourth-order valence-corrected chi connectivity index (χ4v) is 2.28. The number of aryl methyl sites for hydroxylation is 1. The Balaban J connectivity index is 0.000000615. The van der Waals surface area contributed by atoms with Gasteiger partial charge in [-0.25, -0.2) is 9.18 Å². The first-order valence-electron chi connectivity index (χ1n) is 8.07. The van der Waals surface area contributed by atoms with Crippen LogP contribution in [0, 0.1) is 12.7 Å². The van der Waals surface area contributed by atoms with Gasteiger partial charge in [-0.1, -0.05) is 27.7 Å². The third-order valence-corrected chi connectivity index (χ3v) is 3.48. The number of carboxylic acids is 1. The predicted octanol–water partition coefficient (Wildman–Crippen LogP) is 4.53. The van der Waals surface area contributed by atoms with Crippen molar-refractivity contribution in [1.29, 1.82) is 0 Å². The Bertz CT molecular complexity index is 761. The molecule has 0 spiro atoms. The first-order chi connectivity index (χ1) is 11.0. The normalized spacial score (nSPS) is 12.8. The average molecular weight is 321 g/mol. The summed E-state index contributed by atoms with van der Waals surface area (Å²) in [4.78, 5) is 23.2. The highest BCUT2D eigenvalue weighted by atomic mass is 19.1. The van der Waals surface area contributed by atoms with E-state index in [1.54, 1.807) is 17.6 Å². The predicted molar refractivity (Wildman–Crippen MR) is 90.8 cm³/mol. The monoisotopic (exact) mass is 321 g/mol. The third-order valence-electron chi connectivity index (χ3n) is 3.48. The van der Waals surface area contributed by atoms with Crippen molar-refractivity contribution in [1.82, 2.24) is 4.57 Å². The van der Waals surface area contributed by atoms with E-state index in [9.17, 15) is 14.0 Å². The Morgan fingerprint density at radius 2 is 1.78 bits per heavy atom. The van der Waals surface area contributed by atoms with E-state index in [-0.39, 0.29) is 17.0 Å². The van der Waals surface area contributed by atoms with E-state index in [0.29, 0.717) is 11.1 Å². The summed E-state index contributed by atoms with van der Waals surface area (Å²) in [7, 11) is 0. The van der Waals surface area contributed by atoms with Gasteiger partial charge in [0.15, 0.2) is 0 Å². The van der Waals surface area contributed by atoms with E-state index in [1.807, 2.05) is 27.7 Å². The molecule has 0 radical (unpaired) electrons. The molecule has 2 aromatic rings. The molecule has 1 aromatic carbocycles. The SMILES string of the molecule is CC.CC.Cc1cc2c(cc1F)c(=O)c(C(=O)O)cn2C1CC1. The number of hydrogen-bond acceptors (Lipinski definition) is 2. The summed E-state index contributed by atoms with van der Waals surface area (Å²) in [5.41, 5.74) is 0.127. The zero-order valence-electron chi connectivity index (χ0n) is 14.3. The lowest BCUT2D eigenvalue weighted by Gasteiger charge is -2.12. The highest BCUT2D eigenvalue weighted by molar-refractivity contribution is 5.92. The largest absolute Gasteiger partial charge is 0.477 e. The fraction of sp³-hybridized carbons (Fsp3) is 0.444. The van der Waals surface area contributed by atoms with Crippen LogP contribution in [-0.2, 0) is 0 Å². The molecular formula is C18H24FNO3. The lowest BCUT2D eigenvalue weighted by Crippen LogP contribution is -2.19. The number of nitrogens with zero attached hydrogens (tertiary/aromatic N) is 1. The molecule has 1 aliphatic carbocycles. The second kappa shape index (κ2) is 7.90. The molecule has 5 heteroatoms. The van der Waals surface area contributed by atoms with Gasteiger partial charge >= 0.3 is 5.97 Å². The highest BCUT2D eigenvalue weighted by Crippen LogP contribution is 2.37. The van der Waals surface area contributed by atoms with Gasteiger partial charge < -0.3 is 9.67 Å². The van der Waals surface area contributed by atoms with Crippen molar-refractivity contribution >= 4 is 16.9 Å². The Hall–Kier alpha value is -2.17. The number of carboxylic acid groups (broad SMARTS) is 1. The van der Waals surface area contributed by atoms with Crippen LogP contribution in [-0.4, -0.2) is 15.6 Å². The molecule has 0 atom stereocenters. The summed E-state index contributed by atoms with van der Waals surface area (Å²) in [5.74, 6) is -1.77. The number of hydrogen-bond donors (Lipinski definition) is 1. The number of benzene rings is 1. The van der Waals surface area contributed by atoms with Gasteiger partial charge in [-0.15, -0.1) is 0 Å². The van der Waals surface area contributed by atoms with Gasteiger partial charge in [-0.05, 0) is 37.5 Å². The number of aromatic carboxylic acids is 1. The molecule has 126 valence electrons. The first kappa shape index (κ1) is 18.9. The minimum atomic E-state index is -1.28. The van der Waals surface area contributed by atoms with E-state index in [0.717, 1.165) is 18.9 Å². The van der Waals surface area contributed by atoms with Crippen LogP contribution < -0.4 is 5.43 Å². The second-order valence-corrected chi connectivity index (χ2v) is 4.93. The van der Waals surface area contributed by atoms with Crippen molar-refractivity contribution < 1.29 is 14.3 Å². The summed E-state index contributed by atoms with van der Waals surface area (Å²) in [6, 6.07) is 2.96. The maximum absolute atomic E-state index is 13.6. The number of rotatable bonds is 2. The Kier molecular flexibility index (Phi) is 6.49. The van der Waals surface area contributed by atoms with Crippen LogP contribution in [0.3, 0.4) is 0 Å². The molecule has 1 N–H and O–H groups in total. The molecule has 23 heavy (non-hydrogen) atoms. The molecule has 4 nitrogen and oxygen atoms in total. The van der Waals surface area contributed by atoms with Crippen LogP contribution in [0.1, 0.15) is 62.5 Å². The van der Waals surface area contributed by atoms with Crippen LogP contribution in [0.2, 0.25) is 0 Å². The highest BCUT2D eigenvalue weighted by Gasteiger charge is 2.27. The minimum absolute atomic E-state index is 0.134. The van der Waals surface area contributed by atoms with Crippen molar-refractivity contribution in [3.63, 3.8) is 0 Å². The molecular weight excluding hydrogens is 297 g/mol. The Morgan fingerprint density at radius 1 is 1.22 bits per heavy atom. The zero-order valence-corrected chi connectivity index (χ0v) is 14.3. The molecule has 3 rings (SSSR count). The number of aromatic nitrogens is 1. The number of carbonyl (C=O) groups is 1. The van der Waals surface area contributed by atoms with E-state index in [1.165, 1.54) is 6.20 Å². The summed E-state index contributed by atoms with van der Waals surface area (Å²) in [5, 5.41) is 9.20. The average Bonchev–Trinajstić information content (AvgIpc) is 3.38. The molecule has 0 unspecified atom stereocenters. The molecule has 0 bridgehead atoms. The van der Waals surface area contributed by atoms with Gasteiger partial charge in [-0.2, -0.15) is 0 Å². The van der Waals surface area contributed by atoms with Crippen molar-refractivity contribution in [2.75, 3.05) is 0 Å². The van der Waals surface area contributed by atoms with Crippen LogP contribution in [0.4, 0.5) is 4.39 Å². The van der Waals surface area contributed by atoms with Crippen molar-refractivity contribution in [2.24, 2.45) is 0 Å². The molecule has 0 saturated heterocycles. The topological polar surface area (TPSA) is 59.3 Å². The quantitative estimate of drug-likeness (QED) is 0.883. The van der Waals surface area contributed by atoms with Crippen LogP contribution >= 0.6 is 0 Å². The van der Waals surface area contributed by atoms with Gasteiger partial charge in [0.1, 0.15) is 11.4 Å². The van der Waals surface area contributed by atoms with Gasteiger partial charge in [0, 0.05) is 17.6 Å².